The second kappa shape index (κ2) is 6.45. The molecule has 1 aliphatic carbocycles. The number of rotatable bonds is 5. The molecule has 114 valence electrons. The van der Waals surface area contributed by atoms with Crippen molar-refractivity contribution >= 4 is 5.91 Å². The van der Waals surface area contributed by atoms with Crippen molar-refractivity contribution in [3.05, 3.63) is 36.7 Å². The molecule has 2 aliphatic rings. The maximum absolute atomic E-state index is 12.6. The zero-order chi connectivity index (χ0) is 14.7. The van der Waals surface area contributed by atoms with Crippen LogP contribution in [-0.2, 0) is 9.47 Å². The van der Waals surface area contributed by atoms with Crippen molar-refractivity contribution in [3.63, 3.8) is 0 Å². The topological polar surface area (TPSA) is 54.6 Å². The number of hydrogen-bond donors (Lipinski definition) is 1. The van der Waals surface area contributed by atoms with Gasteiger partial charge in [0, 0.05) is 18.7 Å². The number of H-pyrrole nitrogens is 1. The average molecular weight is 290 g/mol. The fourth-order valence-electron chi connectivity index (χ4n) is 3.41. The summed E-state index contributed by atoms with van der Waals surface area (Å²) in [7, 11) is 0. The Morgan fingerprint density at radius 3 is 3.24 bits per heavy atom. The number of hydrogen-bond acceptors (Lipinski definition) is 3. The van der Waals surface area contributed by atoms with E-state index in [-0.39, 0.29) is 18.1 Å². The van der Waals surface area contributed by atoms with E-state index in [0.29, 0.717) is 38.0 Å². The van der Waals surface area contributed by atoms with Gasteiger partial charge in [-0.05, 0) is 25.0 Å². The van der Waals surface area contributed by atoms with Crippen LogP contribution >= 0.6 is 0 Å². The van der Waals surface area contributed by atoms with Crippen LogP contribution in [0.1, 0.15) is 23.3 Å². The molecule has 1 aliphatic heterocycles. The number of aromatic amines is 1. The van der Waals surface area contributed by atoms with Crippen LogP contribution < -0.4 is 0 Å². The fraction of sp³-hybridized carbons (Fsp3) is 0.562. The van der Waals surface area contributed by atoms with Crippen molar-refractivity contribution in [2.24, 2.45) is 5.92 Å². The summed E-state index contributed by atoms with van der Waals surface area (Å²) in [5.41, 5.74) is 0.655. The van der Waals surface area contributed by atoms with E-state index in [1.165, 1.54) is 0 Å². The zero-order valence-electron chi connectivity index (χ0n) is 12.2. The van der Waals surface area contributed by atoms with Gasteiger partial charge in [0.2, 0.25) is 0 Å². The molecule has 5 heteroatoms. The van der Waals surface area contributed by atoms with E-state index in [1.807, 2.05) is 17.0 Å². The smallest absolute Gasteiger partial charge is 0.270 e. The van der Waals surface area contributed by atoms with E-state index in [0.717, 1.165) is 12.8 Å². The first-order valence-electron chi connectivity index (χ1n) is 7.56. The SMILES string of the molecule is C=CCOC[C@@H]1CC[C@H]2[C@H]1OCCN2C(=O)c1ccc[nH]1. The van der Waals surface area contributed by atoms with Gasteiger partial charge in [-0.3, -0.25) is 4.79 Å². The van der Waals surface area contributed by atoms with Crippen LogP contribution in [0.5, 0.6) is 0 Å². The first-order chi connectivity index (χ1) is 10.3. The highest BCUT2D eigenvalue weighted by molar-refractivity contribution is 5.92. The lowest BCUT2D eigenvalue weighted by molar-refractivity contribution is -0.0739. The van der Waals surface area contributed by atoms with Gasteiger partial charge in [-0.1, -0.05) is 6.08 Å². The summed E-state index contributed by atoms with van der Waals surface area (Å²) in [6.07, 6.45) is 5.67. The molecule has 1 aromatic rings. The minimum atomic E-state index is 0.0750. The predicted octanol–water partition coefficient (Wildman–Crippen LogP) is 1.84. The molecule has 2 fully saturated rings. The highest BCUT2D eigenvalue weighted by atomic mass is 16.5. The van der Waals surface area contributed by atoms with Gasteiger partial charge in [-0.2, -0.15) is 0 Å². The summed E-state index contributed by atoms with van der Waals surface area (Å²) >= 11 is 0. The Balaban J connectivity index is 1.66. The Morgan fingerprint density at radius 1 is 1.57 bits per heavy atom. The second-order valence-corrected chi connectivity index (χ2v) is 5.65. The standard InChI is InChI=1S/C16H22N2O3/c1-2-9-20-11-12-5-6-14-15(12)21-10-8-18(14)16(19)13-4-3-7-17-13/h2-4,7,12,14-15,17H,1,5-6,8-11H2/t12-,14-,15-/m0/s1. The lowest BCUT2D eigenvalue weighted by atomic mass is 10.0. The third-order valence-corrected chi connectivity index (χ3v) is 4.38. The van der Waals surface area contributed by atoms with Gasteiger partial charge in [0.25, 0.3) is 5.91 Å². The van der Waals surface area contributed by atoms with Gasteiger partial charge >= 0.3 is 0 Å². The molecule has 1 N–H and O–H groups in total. The predicted molar refractivity (Wildman–Crippen MR) is 79.1 cm³/mol. The molecular formula is C16H22N2O3. The summed E-state index contributed by atoms with van der Waals surface area (Å²) in [5.74, 6) is 0.445. The summed E-state index contributed by atoms with van der Waals surface area (Å²) in [6.45, 7) is 6.17. The van der Waals surface area contributed by atoms with Crippen molar-refractivity contribution in [1.82, 2.24) is 9.88 Å². The maximum atomic E-state index is 12.6. The van der Waals surface area contributed by atoms with Gasteiger partial charge in [0.05, 0.1) is 32.0 Å². The van der Waals surface area contributed by atoms with Crippen LogP contribution in [-0.4, -0.2) is 54.3 Å². The van der Waals surface area contributed by atoms with Crippen molar-refractivity contribution < 1.29 is 14.3 Å². The second-order valence-electron chi connectivity index (χ2n) is 5.65. The molecule has 0 bridgehead atoms. The van der Waals surface area contributed by atoms with E-state index in [9.17, 15) is 4.79 Å². The van der Waals surface area contributed by atoms with E-state index in [2.05, 4.69) is 11.6 Å². The van der Waals surface area contributed by atoms with Gasteiger partial charge < -0.3 is 19.4 Å². The molecule has 1 saturated carbocycles. The summed E-state index contributed by atoms with van der Waals surface area (Å²) in [6, 6.07) is 3.85. The maximum Gasteiger partial charge on any atom is 0.270 e. The third-order valence-electron chi connectivity index (χ3n) is 4.38. The fourth-order valence-corrected chi connectivity index (χ4v) is 3.41. The largest absolute Gasteiger partial charge is 0.377 e. The van der Waals surface area contributed by atoms with E-state index in [4.69, 9.17) is 9.47 Å². The van der Waals surface area contributed by atoms with Gasteiger partial charge in [-0.15, -0.1) is 6.58 Å². The average Bonchev–Trinajstić information content (AvgIpc) is 3.16. The molecule has 2 heterocycles. The van der Waals surface area contributed by atoms with Crippen LogP contribution in [0.3, 0.4) is 0 Å². The molecule has 0 radical (unpaired) electrons. The van der Waals surface area contributed by atoms with Gasteiger partial charge in [0.1, 0.15) is 5.69 Å². The highest BCUT2D eigenvalue weighted by Crippen LogP contribution is 2.35. The third kappa shape index (κ3) is 2.89. The first-order valence-corrected chi connectivity index (χ1v) is 7.56. The Hall–Kier alpha value is -1.59. The summed E-state index contributed by atoms with van der Waals surface area (Å²) in [4.78, 5) is 17.5. The molecule has 3 atom stereocenters. The van der Waals surface area contributed by atoms with Crippen LogP contribution in [0.2, 0.25) is 0 Å². The molecule has 0 aromatic carbocycles. The van der Waals surface area contributed by atoms with Crippen molar-refractivity contribution in [1.29, 1.82) is 0 Å². The number of amides is 1. The number of carbonyl (C=O) groups excluding carboxylic acids is 1. The molecule has 0 unspecified atom stereocenters. The quantitative estimate of drug-likeness (QED) is 0.665. The van der Waals surface area contributed by atoms with Gasteiger partial charge in [-0.25, -0.2) is 0 Å². The highest BCUT2D eigenvalue weighted by Gasteiger charge is 2.44. The number of carbonyl (C=O) groups is 1. The minimum Gasteiger partial charge on any atom is -0.377 e. The van der Waals surface area contributed by atoms with Crippen molar-refractivity contribution in [2.45, 2.75) is 25.0 Å². The Labute approximate surface area is 124 Å². The van der Waals surface area contributed by atoms with Crippen LogP contribution in [0.15, 0.2) is 31.0 Å². The molecule has 21 heavy (non-hydrogen) atoms. The van der Waals surface area contributed by atoms with Crippen LogP contribution in [0.25, 0.3) is 0 Å². The molecule has 1 saturated heterocycles. The Kier molecular flexibility index (Phi) is 4.41. The molecule has 5 nitrogen and oxygen atoms in total. The minimum absolute atomic E-state index is 0.0750. The summed E-state index contributed by atoms with van der Waals surface area (Å²) in [5, 5.41) is 0. The van der Waals surface area contributed by atoms with Crippen molar-refractivity contribution in [2.75, 3.05) is 26.4 Å². The Morgan fingerprint density at radius 2 is 2.48 bits per heavy atom. The van der Waals surface area contributed by atoms with E-state index >= 15 is 0 Å². The number of nitrogens with one attached hydrogen (secondary N) is 1. The lowest BCUT2D eigenvalue weighted by Gasteiger charge is -2.39. The molecule has 3 rings (SSSR count). The van der Waals surface area contributed by atoms with Crippen LogP contribution in [0.4, 0.5) is 0 Å². The zero-order valence-corrected chi connectivity index (χ0v) is 12.2. The Bertz CT molecular complexity index is 486. The number of morpholine rings is 1. The molecule has 1 aromatic heterocycles. The number of nitrogens with zero attached hydrogens (tertiary/aromatic N) is 1. The van der Waals surface area contributed by atoms with Gasteiger partial charge in [0.15, 0.2) is 0 Å². The van der Waals surface area contributed by atoms with E-state index in [1.54, 1.807) is 12.3 Å². The number of aromatic nitrogens is 1. The lowest BCUT2D eigenvalue weighted by Crippen LogP contribution is -2.53. The molecule has 1 amide bonds. The van der Waals surface area contributed by atoms with Crippen LogP contribution in [0, 0.1) is 5.92 Å². The normalized spacial score (nSPS) is 28.4. The molecule has 0 spiro atoms. The van der Waals surface area contributed by atoms with Crippen molar-refractivity contribution in [3.8, 4) is 0 Å². The first kappa shape index (κ1) is 14.4. The number of ether oxygens (including phenoxy) is 2. The summed E-state index contributed by atoms with van der Waals surface area (Å²) < 4.78 is 11.5. The number of fused-ring (bicyclic) bond motifs is 1. The van der Waals surface area contributed by atoms with E-state index < -0.39 is 0 Å². The molecular weight excluding hydrogens is 268 g/mol. The monoisotopic (exact) mass is 290 g/mol.